The van der Waals surface area contributed by atoms with Gasteiger partial charge in [-0.05, 0) is 12.1 Å². The van der Waals surface area contributed by atoms with Crippen LogP contribution in [-0.2, 0) is 11.3 Å². The highest BCUT2D eigenvalue weighted by Crippen LogP contribution is 2.20. The third-order valence-electron chi connectivity index (χ3n) is 4.74. The number of amides is 1. The van der Waals surface area contributed by atoms with Crippen LogP contribution in [0.5, 0.6) is 5.88 Å². The van der Waals surface area contributed by atoms with Crippen LogP contribution in [0.2, 0.25) is 0 Å². The summed E-state index contributed by atoms with van der Waals surface area (Å²) in [5.41, 5.74) is 1.09. The average molecular weight is 383 g/mol. The number of anilines is 1. The minimum atomic E-state index is -0.529. The Labute approximate surface area is 161 Å². The maximum Gasteiger partial charge on any atom is 0.420 e. The van der Waals surface area contributed by atoms with E-state index in [2.05, 4.69) is 9.97 Å². The lowest BCUT2D eigenvalue weighted by molar-refractivity contribution is -0.131. The Morgan fingerprint density at radius 2 is 2.14 bits per heavy atom. The van der Waals surface area contributed by atoms with Crippen LogP contribution in [0.4, 0.5) is 5.82 Å². The smallest absolute Gasteiger partial charge is 0.420 e. The lowest BCUT2D eigenvalue weighted by atomic mass is 10.3. The van der Waals surface area contributed by atoms with Gasteiger partial charge in [-0.15, -0.1) is 0 Å². The van der Waals surface area contributed by atoms with Crippen LogP contribution in [-0.4, -0.2) is 58.6 Å². The number of para-hydroxylation sites is 2. The summed E-state index contributed by atoms with van der Waals surface area (Å²) in [6, 6.07) is 8.83. The zero-order valence-corrected chi connectivity index (χ0v) is 15.7. The van der Waals surface area contributed by atoms with Gasteiger partial charge in [-0.2, -0.15) is 0 Å². The van der Waals surface area contributed by atoms with Gasteiger partial charge in [0.25, 0.3) is 0 Å². The SMILES string of the molecule is CN(C)c1cc(OC2CCN(C(=O)Cn3c(=O)oc4ccccc43)C2)ncn1. The molecule has 0 radical (unpaired) electrons. The molecule has 1 fully saturated rings. The topological polar surface area (TPSA) is 93.7 Å². The van der Waals surface area contributed by atoms with E-state index < -0.39 is 5.76 Å². The molecule has 2 aromatic heterocycles. The van der Waals surface area contributed by atoms with Crippen molar-refractivity contribution in [2.75, 3.05) is 32.1 Å². The van der Waals surface area contributed by atoms with Crippen LogP contribution in [0.1, 0.15) is 6.42 Å². The van der Waals surface area contributed by atoms with Gasteiger partial charge in [-0.3, -0.25) is 9.36 Å². The molecule has 1 saturated heterocycles. The Kier molecular flexibility index (Phi) is 4.72. The molecule has 1 aliphatic rings. The van der Waals surface area contributed by atoms with Gasteiger partial charge >= 0.3 is 5.76 Å². The number of fused-ring (bicyclic) bond motifs is 1. The summed E-state index contributed by atoms with van der Waals surface area (Å²) < 4.78 is 12.5. The number of rotatable bonds is 5. The molecule has 9 heteroatoms. The zero-order valence-electron chi connectivity index (χ0n) is 15.7. The molecule has 1 aliphatic heterocycles. The van der Waals surface area contributed by atoms with Gasteiger partial charge in [0.05, 0.1) is 12.1 Å². The van der Waals surface area contributed by atoms with Crippen molar-refractivity contribution >= 4 is 22.8 Å². The van der Waals surface area contributed by atoms with Crippen molar-refractivity contribution in [3.63, 3.8) is 0 Å². The molecule has 0 aliphatic carbocycles. The number of carbonyl (C=O) groups excluding carboxylic acids is 1. The number of carbonyl (C=O) groups is 1. The lowest BCUT2D eigenvalue weighted by Gasteiger charge is -2.17. The highest BCUT2D eigenvalue weighted by atomic mass is 16.5. The van der Waals surface area contributed by atoms with Crippen molar-refractivity contribution in [2.45, 2.75) is 19.1 Å². The van der Waals surface area contributed by atoms with Gasteiger partial charge in [-0.25, -0.2) is 14.8 Å². The highest BCUT2D eigenvalue weighted by Gasteiger charge is 2.28. The van der Waals surface area contributed by atoms with Crippen molar-refractivity contribution in [1.82, 2.24) is 19.4 Å². The molecule has 0 N–H and O–H groups in total. The number of oxazole rings is 1. The van der Waals surface area contributed by atoms with E-state index in [9.17, 15) is 9.59 Å². The number of hydrogen-bond acceptors (Lipinski definition) is 7. The minimum absolute atomic E-state index is 0.0547. The standard InChI is InChI=1S/C19H21N5O4/c1-22(2)16-9-17(21-12-20-16)27-13-7-8-23(10-13)18(25)11-24-14-5-3-4-6-15(14)28-19(24)26/h3-6,9,12-13H,7-8,10-11H2,1-2H3. The molecule has 3 heterocycles. The maximum absolute atomic E-state index is 12.7. The van der Waals surface area contributed by atoms with E-state index in [0.717, 1.165) is 5.82 Å². The molecule has 1 atom stereocenters. The minimum Gasteiger partial charge on any atom is -0.472 e. The first-order valence-corrected chi connectivity index (χ1v) is 9.03. The van der Waals surface area contributed by atoms with Crippen LogP contribution >= 0.6 is 0 Å². The van der Waals surface area contributed by atoms with Crippen LogP contribution in [0.15, 0.2) is 45.9 Å². The van der Waals surface area contributed by atoms with Crippen LogP contribution in [0, 0.1) is 0 Å². The van der Waals surface area contributed by atoms with Gasteiger partial charge in [-0.1, -0.05) is 12.1 Å². The zero-order chi connectivity index (χ0) is 19.7. The highest BCUT2D eigenvalue weighted by molar-refractivity contribution is 5.79. The fourth-order valence-electron chi connectivity index (χ4n) is 3.26. The summed E-state index contributed by atoms with van der Waals surface area (Å²) in [4.78, 5) is 36.6. The first-order chi connectivity index (χ1) is 13.5. The van der Waals surface area contributed by atoms with E-state index in [-0.39, 0.29) is 18.6 Å². The molecule has 146 valence electrons. The third kappa shape index (κ3) is 3.55. The molecular weight excluding hydrogens is 362 g/mol. The van der Waals surface area contributed by atoms with Gasteiger partial charge in [0, 0.05) is 33.1 Å². The number of nitrogens with zero attached hydrogens (tertiary/aromatic N) is 5. The Balaban J connectivity index is 1.41. The van der Waals surface area contributed by atoms with Crippen molar-refractivity contribution in [3.8, 4) is 5.88 Å². The Morgan fingerprint density at radius 3 is 2.96 bits per heavy atom. The number of benzene rings is 1. The third-order valence-corrected chi connectivity index (χ3v) is 4.74. The second-order valence-electron chi connectivity index (χ2n) is 6.90. The molecule has 1 unspecified atom stereocenters. The fourth-order valence-corrected chi connectivity index (χ4v) is 3.26. The van der Waals surface area contributed by atoms with Crippen molar-refractivity contribution < 1.29 is 13.9 Å². The summed E-state index contributed by atoms with van der Waals surface area (Å²) in [6.45, 7) is 0.963. The van der Waals surface area contributed by atoms with Gasteiger partial charge < -0.3 is 19.0 Å². The molecule has 1 amide bonds. The van der Waals surface area contributed by atoms with E-state index in [0.29, 0.717) is 36.5 Å². The normalized spacial score (nSPS) is 16.5. The van der Waals surface area contributed by atoms with Crippen LogP contribution in [0.25, 0.3) is 11.1 Å². The number of aromatic nitrogens is 3. The average Bonchev–Trinajstić information content (AvgIpc) is 3.27. The quantitative estimate of drug-likeness (QED) is 0.652. The predicted octanol–water partition coefficient (Wildman–Crippen LogP) is 1.13. The molecule has 3 aromatic rings. The number of hydrogen-bond donors (Lipinski definition) is 0. The molecule has 1 aromatic carbocycles. The summed E-state index contributed by atoms with van der Waals surface area (Å²) in [7, 11) is 3.78. The molecule has 28 heavy (non-hydrogen) atoms. The summed E-state index contributed by atoms with van der Waals surface area (Å²) in [5, 5.41) is 0. The second-order valence-corrected chi connectivity index (χ2v) is 6.90. The first kappa shape index (κ1) is 18.0. The summed E-state index contributed by atoms with van der Waals surface area (Å²) in [5.74, 6) is 0.562. The van der Waals surface area contributed by atoms with E-state index in [4.69, 9.17) is 9.15 Å². The van der Waals surface area contributed by atoms with E-state index in [1.54, 1.807) is 29.2 Å². The van der Waals surface area contributed by atoms with E-state index >= 15 is 0 Å². The molecule has 9 nitrogen and oxygen atoms in total. The monoisotopic (exact) mass is 383 g/mol. The Morgan fingerprint density at radius 1 is 1.32 bits per heavy atom. The number of likely N-dealkylation sites (tertiary alicyclic amines) is 1. The lowest BCUT2D eigenvalue weighted by Crippen LogP contribution is -2.35. The molecule has 0 spiro atoms. The van der Waals surface area contributed by atoms with Crippen molar-refractivity contribution in [2.24, 2.45) is 0 Å². The largest absolute Gasteiger partial charge is 0.472 e. The van der Waals surface area contributed by atoms with Gasteiger partial charge in [0.15, 0.2) is 5.58 Å². The van der Waals surface area contributed by atoms with E-state index in [1.807, 2.05) is 25.1 Å². The van der Waals surface area contributed by atoms with Gasteiger partial charge in [0.1, 0.15) is 24.8 Å². The summed E-state index contributed by atoms with van der Waals surface area (Å²) >= 11 is 0. The first-order valence-electron chi connectivity index (χ1n) is 9.03. The van der Waals surface area contributed by atoms with Crippen LogP contribution in [0.3, 0.4) is 0 Å². The summed E-state index contributed by atoms with van der Waals surface area (Å²) in [6.07, 6.45) is 2.01. The maximum atomic E-state index is 12.7. The van der Waals surface area contributed by atoms with Crippen molar-refractivity contribution in [3.05, 3.63) is 47.2 Å². The van der Waals surface area contributed by atoms with Gasteiger partial charge in [0.2, 0.25) is 11.8 Å². The van der Waals surface area contributed by atoms with Crippen molar-refractivity contribution in [1.29, 1.82) is 0 Å². The second kappa shape index (κ2) is 7.34. The predicted molar refractivity (Wildman–Crippen MR) is 102 cm³/mol. The molecule has 4 rings (SSSR count). The molecular formula is C19H21N5O4. The molecule has 0 saturated carbocycles. The fraction of sp³-hybridized carbons (Fsp3) is 0.368. The Hall–Kier alpha value is -3.36. The number of ether oxygens (including phenoxy) is 1. The Bertz CT molecular complexity index is 1060. The molecule has 0 bridgehead atoms. The van der Waals surface area contributed by atoms with E-state index in [1.165, 1.54) is 10.9 Å². The van der Waals surface area contributed by atoms with Crippen LogP contribution < -0.4 is 15.4 Å².